The number of benzene rings is 1. The van der Waals surface area contributed by atoms with Crippen molar-refractivity contribution in [2.45, 2.75) is 31.7 Å². The molecule has 4 heteroatoms. The lowest BCUT2D eigenvalue weighted by molar-refractivity contribution is -0.118. The fourth-order valence-electron chi connectivity index (χ4n) is 2.53. The molecule has 1 heterocycles. The Morgan fingerprint density at radius 2 is 2.35 bits per heavy atom. The largest absolute Gasteiger partial charge is 0.398 e. The fourth-order valence-corrected chi connectivity index (χ4v) is 2.91. The summed E-state index contributed by atoms with van der Waals surface area (Å²) >= 11 is 3.44. The van der Waals surface area contributed by atoms with E-state index in [0.29, 0.717) is 5.69 Å². The molecule has 0 aromatic heterocycles. The zero-order valence-electron chi connectivity index (χ0n) is 9.87. The van der Waals surface area contributed by atoms with Gasteiger partial charge in [0.15, 0.2) is 0 Å². The van der Waals surface area contributed by atoms with E-state index in [4.69, 9.17) is 5.73 Å². The number of halogens is 1. The summed E-state index contributed by atoms with van der Waals surface area (Å²) in [5, 5.41) is 3.39. The predicted molar refractivity (Wildman–Crippen MR) is 73.0 cm³/mol. The van der Waals surface area contributed by atoms with Gasteiger partial charge in [-0.05, 0) is 50.1 Å². The minimum Gasteiger partial charge on any atom is -0.398 e. The van der Waals surface area contributed by atoms with Crippen LogP contribution in [0, 0.1) is 0 Å². The number of ketones is 1. The summed E-state index contributed by atoms with van der Waals surface area (Å²) in [7, 11) is 0. The zero-order valence-corrected chi connectivity index (χ0v) is 11.5. The van der Waals surface area contributed by atoms with Crippen LogP contribution in [0.3, 0.4) is 0 Å². The van der Waals surface area contributed by atoms with Gasteiger partial charge in [0.05, 0.1) is 5.92 Å². The molecule has 3 N–H and O–H groups in total. The molecule has 0 bridgehead atoms. The fraction of sp³-hybridized carbons (Fsp3) is 0.462. The molecular formula is C13H17BrN2O. The number of Topliss-reactive ketones (excluding diaryl/α,β-unsaturated/α-hetero) is 1. The molecule has 1 saturated heterocycles. The van der Waals surface area contributed by atoms with Crippen LogP contribution < -0.4 is 11.1 Å². The molecule has 2 rings (SSSR count). The highest BCUT2D eigenvalue weighted by Crippen LogP contribution is 2.32. The Labute approximate surface area is 110 Å². The van der Waals surface area contributed by atoms with Gasteiger partial charge >= 0.3 is 0 Å². The van der Waals surface area contributed by atoms with E-state index in [2.05, 4.69) is 21.2 Å². The van der Waals surface area contributed by atoms with E-state index in [0.717, 1.165) is 29.4 Å². The van der Waals surface area contributed by atoms with Crippen molar-refractivity contribution in [3.63, 3.8) is 0 Å². The first-order valence-corrected chi connectivity index (χ1v) is 6.67. The maximum absolute atomic E-state index is 11.9. The number of nitrogens with one attached hydrogen (secondary N) is 1. The molecule has 3 nitrogen and oxygen atoms in total. The van der Waals surface area contributed by atoms with Crippen LogP contribution in [-0.4, -0.2) is 18.4 Å². The van der Waals surface area contributed by atoms with Crippen molar-refractivity contribution in [3.05, 3.63) is 28.2 Å². The van der Waals surface area contributed by atoms with Gasteiger partial charge < -0.3 is 11.1 Å². The van der Waals surface area contributed by atoms with Crippen LogP contribution in [0.1, 0.15) is 31.2 Å². The van der Waals surface area contributed by atoms with Gasteiger partial charge in [-0.1, -0.05) is 15.9 Å². The van der Waals surface area contributed by atoms with Gasteiger partial charge in [0.2, 0.25) is 0 Å². The van der Waals surface area contributed by atoms with Crippen LogP contribution in [0.25, 0.3) is 0 Å². The first-order chi connectivity index (χ1) is 8.09. The highest BCUT2D eigenvalue weighted by atomic mass is 79.9. The Balaban J connectivity index is 2.37. The van der Waals surface area contributed by atoms with Gasteiger partial charge in [0, 0.05) is 16.2 Å². The molecule has 0 saturated carbocycles. The molecule has 1 aromatic carbocycles. The number of rotatable bonds is 3. The summed E-state index contributed by atoms with van der Waals surface area (Å²) in [4.78, 5) is 11.9. The Morgan fingerprint density at radius 3 is 2.94 bits per heavy atom. The summed E-state index contributed by atoms with van der Waals surface area (Å²) in [6.07, 6.45) is 2.17. The first-order valence-electron chi connectivity index (χ1n) is 5.88. The van der Waals surface area contributed by atoms with Crippen LogP contribution in [-0.2, 0) is 4.79 Å². The first kappa shape index (κ1) is 12.6. The minimum absolute atomic E-state index is 0.130. The number of nitrogen functional groups attached to an aromatic ring is 1. The van der Waals surface area contributed by atoms with E-state index in [1.165, 1.54) is 0 Å². The van der Waals surface area contributed by atoms with Crippen molar-refractivity contribution in [2.24, 2.45) is 0 Å². The van der Waals surface area contributed by atoms with Gasteiger partial charge in [-0.2, -0.15) is 0 Å². The molecule has 92 valence electrons. The minimum atomic E-state index is -0.130. The SMILES string of the molecule is CC(=O)C(c1cc(Br)ccc1N)C1CCCN1. The normalized spacial score (nSPS) is 21.4. The molecule has 1 fully saturated rings. The number of carbonyl (C=O) groups excluding carboxylic acids is 1. The summed E-state index contributed by atoms with van der Waals surface area (Å²) in [6.45, 7) is 2.63. The molecule has 2 atom stereocenters. The quantitative estimate of drug-likeness (QED) is 0.843. The van der Waals surface area contributed by atoms with E-state index >= 15 is 0 Å². The number of hydrogen-bond acceptors (Lipinski definition) is 3. The van der Waals surface area contributed by atoms with Crippen LogP contribution in [0.15, 0.2) is 22.7 Å². The second kappa shape index (κ2) is 5.19. The van der Waals surface area contributed by atoms with Gasteiger partial charge in [0.1, 0.15) is 5.78 Å². The molecule has 0 radical (unpaired) electrons. The van der Waals surface area contributed by atoms with Crippen molar-refractivity contribution in [2.75, 3.05) is 12.3 Å². The number of hydrogen-bond donors (Lipinski definition) is 2. The van der Waals surface area contributed by atoms with Gasteiger partial charge in [-0.3, -0.25) is 4.79 Å². The third-order valence-electron chi connectivity index (χ3n) is 3.32. The monoisotopic (exact) mass is 296 g/mol. The van der Waals surface area contributed by atoms with Crippen molar-refractivity contribution in [3.8, 4) is 0 Å². The molecule has 0 amide bonds. The van der Waals surface area contributed by atoms with E-state index in [1.54, 1.807) is 6.92 Å². The van der Waals surface area contributed by atoms with E-state index in [1.807, 2.05) is 18.2 Å². The molecule has 17 heavy (non-hydrogen) atoms. The molecular weight excluding hydrogens is 280 g/mol. The standard InChI is InChI=1S/C13H17BrN2O/c1-8(17)13(12-3-2-6-16-12)10-7-9(14)4-5-11(10)15/h4-5,7,12-13,16H,2-3,6,15H2,1H3. The zero-order chi connectivity index (χ0) is 12.4. The Bertz CT molecular complexity index is 427. The third kappa shape index (κ3) is 2.69. The summed E-state index contributed by atoms with van der Waals surface area (Å²) in [6, 6.07) is 5.94. The number of carbonyl (C=O) groups is 1. The van der Waals surface area contributed by atoms with E-state index in [-0.39, 0.29) is 17.7 Å². The number of nitrogens with two attached hydrogens (primary N) is 1. The second-order valence-corrected chi connectivity index (χ2v) is 5.48. The smallest absolute Gasteiger partial charge is 0.138 e. The van der Waals surface area contributed by atoms with Crippen LogP contribution >= 0.6 is 15.9 Å². The van der Waals surface area contributed by atoms with Crippen molar-refractivity contribution >= 4 is 27.4 Å². The maximum Gasteiger partial charge on any atom is 0.138 e. The van der Waals surface area contributed by atoms with Crippen LogP contribution in [0.2, 0.25) is 0 Å². The van der Waals surface area contributed by atoms with Crippen molar-refractivity contribution in [1.82, 2.24) is 5.32 Å². The van der Waals surface area contributed by atoms with Crippen LogP contribution in [0.5, 0.6) is 0 Å². The molecule has 1 aromatic rings. The Hall–Kier alpha value is -0.870. The summed E-state index contributed by atoms with van der Waals surface area (Å²) < 4.78 is 0.964. The second-order valence-electron chi connectivity index (χ2n) is 4.56. The van der Waals surface area contributed by atoms with Gasteiger partial charge in [-0.15, -0.1) is 0 Å². The summed E-state index contributed by atoms with van der Waals surface area (Å²) in [5.74, 6) is 0.0456. The third-order valence-corrected chi connectivity index (χ3v) is 3.82. The van der Waals surface area contributed by atoms with Crippen molar-refractivity contribution < 1.29 is 4.79 Å². The highest BCUT2D eigenvalue weighted by molar-refractivity contribution is 9.10. The molecule has 0 spiro atoms. The number of anilines is 1. The molecule has 1 aliphatic rings. The van der Waals surface area contributed by atoms with Crippen LogP contribution in [0.4, 0.5) is 5.69 Å². The molecule has 0 aliphatic carbocycles. The Kier molecular flexibility index (Phi) is 3.84. The predicted octanol–water partition coefficient (Wildman–Crippen LogP) is 2.46. The lowest BCUT2D eigenvalue weighted by Crippen LogP contribution is -2.33. The van der Waals surface area contributed by atoms with E-state index in [9.17, 15) is 4.79 Å². The lowest BCUT2D eigenvalue weighted by atomic mass is 9.86. The molecule has 2 unspecified atom stereocenters. The topological polar surface area (TPSA) is 55.1 Å². The van der Waals surface area contributed by atoms with Gasteiger partial charge in [0.25, 0.3) is 0 Å². The maximum atomic E-state index is 11.9. The summed E-state index contributed by atoms with van der Waals surface area (Å²) in [5.41, 5.74) is 7.63. The molecule has 1 aliphatic heterocycles. The lowest BCUT2D eigenvalue weighted by Gasteiger charge is -2.23. The average Bonchev–Trinajstić information content (AvgIpc) is 2.76. The van der Waals surface area contributed by atoms with E-state index < -0.39 is 0 Å². The van der Waals surface area contributed by atoms with Crippen molar-refractivity contribution in [1.29, 1.82) is 0 Å². The van der Waals surface area contributed by atoms with Gasteiger partial charge in [-0.25, -0.2) is 0 Å². The average molecular weight is 297 g/mol. The highest BCUT2D eigenvalue weighted by Gasteiger charge is 2.30. The Morgan fingerprint density at radius 1 is 1.59 bits per heavy atom.